The van der Waals surface area contributed by atoms with Crippen molar-refractivity contribution in [1.29, 1.82) is 0 Å². The van der Waals surface area contributed by atoms with Crippen molar-refractivity contribution in [2.45, 2.75) is 0 Å². The molecule has 38 heavy (non-hydrogen) atoms. The van der Waals surface area contributed by atoms with Crippen LogP contribution in [0.4, 0.5) is 5.69 Å². The third-order valence-electron chi connectivity index (χ3n) is 5.58. The molecule has 1 heterocycles. The van der Waals surface area contributed by atoms with Crippen LogP contribution >= 0.6 is 11.6 Å². The summed E-state index contributed by atoms with van der Waals surface area (Å²) in [6.45, 7) is 0. The van der Waals surface area contributed by atoms with E-state index in [0.717, 1.165) is 4.68 Å². The number of hydrogen-bond donors (Lipinski definition) is 0. The van der Waals surface area contributed by atoms with E-state index >= 15 is 0 Å². The third kappa shape index (κ3) is 5.04. The van der Waals surface area contributed by atoms with Gasteiger partial charge in [-0.3, -0.25) is 14.9 Å². The van der Waals surface area contributed by atoms with Crippen molar-refractivity contribution < 1.29 is 14.5 Å². The predicted molar refractivity (Wildman–Crippen MR) is 144 cm³/mol. The van der Waals surface area contributed by atoms with Gasteiger partial charge in [0, 0.05) is 28.3 Å². The molecule has 0 N–H and O–H groups in total. The summed E-state index contributed by atoms with van der Waals surface area (Å²) in [5.41, 5.74) is 0.801. The summed E-state index contributed by atoms with van der Waals surface area (Å²) in [5.74, 6) is -0.405. The van der Waals surface area contributed by atoms with Crippen molar-refractivity contribution in [3.05, 3.63) is 134 Å². The summed E-state index contributed by atoms with van der Waals surface area (Å²) < 4.78 is 6.62. The van der Waals surface area contributed by atoms with Gasteiger partial charge in [0.2, 0.25) is 0 Å². The second-order valence-electron chi connectivity index (χ2n) is 8.06. The smallest absolute Gasteiger partial charge is 0.343 e. The first kappa shape index (κ1) is 24.5. The van der Waals surface area contributed by atoms with E-state index in [0.29, 0.717) is 21.5 Å². The first-order valence-electron chi connectivity index (χ1n) is 11.3. The maximum Gasteiger partial charge on any atom is 0.343 e. The normalized spacial score (nSPS) is 11.1. The number of nitro benzene ring substituents is 1. The van der Waals surface area contributed by atoms with Crippen LogP contribution in [0.15, 0.2) is 107 Å². The van der Waals surface area contributed by atoms with E-state index in [4.69, 9.17) is 16.3 Å². The summed E-state index contributed by atoms with van der Waals surface area (Å²) in [4.78, 5) is 41.6. The summed E-state index contributed by atoms with van der Waals surface area (Å²) in [7, 11) is 0. The van der Waals surface area contributed by atoms with Crippen molar-refractivity contribution in [2.75, 3.05) is 0 Å². The highest BCUT2D eigenvalue weighted by Crippen LogP contribution is 2.25. The Kier molecular flexibility index (Phi) is 6.75. The van der Waals surface area contributed by atoms with Gasteiger partial charge in [0.05, 0.1) is 27.6 Å². The van der Waals surface area contributed by atoms with E-state index in [-0.39, 0.29) is 28.4 Å². The number of halogens is 1. The van der Waals surface area contributed by atoms with E-state index in [2.05, 4.69) is 10.1 Å². The van der Waals surface area contributed by atoms with E-state index in [1.54, 1.807) is 60.7 Å². The molecule has 0 aliphatic heterocycles. The minimum Gasteiger partial charge on any atom is -0.422 e. The van der Waals surface area contributed by atoms with Gasteiger partial charge < -0.3 is 4.74 Å². The Bertz CT molecular complexity index is 1770. The highest BCUT2D eigenvalue weighted by molar-refractivity contribution is 6.30. The van der Waals surface area contributed by atoms with Gasteiger partial charge in [0.25, 0.3) is 11.2 Å². The van der Waals surface area contributed by atoms with E-state index in [9.17, 15) is 19.7 Å². The van der Waals surface area contributed by atoms with E-state index in [1.807, 2.05) is 6.07 Å². The number of nitrogens with zero attached hydrogens (tertiary/aromatic N) is 4. The molecule has 0 fully saturated rings. The van der Waals surface area contributed by atoms with Crippen LogP contribution in [0.1, 0.15) is 15.9 Å². The zero-order valence-electron chi connectivity index (χ0n) is 19.5. The number of benzene rings is 4. The van der Waals surface area contributed by atoms with Gasteiger partial charge in [-0.2, -0.15) is 9.78 Å². The van der Waals surface area contributed by atoms with Crippen LogP contribution in [0.5, 0.6) is 5.75 Å². The number of hydrogen-bond acceptors (Lipinski definition) is 7. The fourth-order valence-corrected chi connectivity index (χ4v) is 3.84. The molecule has 0 aliphatic rings. The maximum absolute atomic E-state index is 13.4. The Balaban J connectivity index is 1.61. The largest absolute Gasteiger partial charge is 0.422 e. The first-order chi connectivity index (χ1) is 18.4. The average molecular weight is 525 g/mol. The summed E-state index contributed by atoms with van der Waals surface area (Å²) >= 11 is 5.89. The zero-order valence-corrected chi connectivity index (χ0v) is 20.3. The molecule has 0 unspecified atom stereocenters. The number of nitro groups is 1. The molecule has 0 radical (unpaired) electrons. The molecule has 186 valence electrons. The minimum absolute atomic E-state index is 0.0161. The second-order valence-corrected chi connectivity index (χ2v) is 8.49. The van der Waals surface area contributed by atoms with Gasteiger partial charge in [0.1, 0.15) is 5.75 Å². The first-order valence-corrected chi connectivity index (χ1v) is 11.7. The van der Waals surface area contributed by atoms with E-state index in [1.165, 1.54) is 36.5 Å². The molecule has 10 heteroatoms. The van der Waals surface area contributed by atoms with Crippen LogP contribution < -0.4 is 10.3 Å². The quantitative estimate of drug-likeness (QED) is 0.0920. The number of para-hydroxylation sites is 1. The lowest BCUT2D eigenvalue weighted by Crippen LogP contribution is -2.20. The Morgan fingerprint density at radius 3 is 2.42 bits per heavy atom. The minimum atomic E-state index is -0.695. The molecule has 0 amide bonds. The number of carbonyl (C=O) groups excluding carboxylic acids is 1. The lowest BCUT2D eigenvalue weighted by atomic mass is 10.2. The highest BCUT2D eigenvalue weighted by atomic mass is 35.5. The Morgan fingerprint density at radius 1 is 0.974 bits per heavy atom. The Hall–Kier alpha value is -5.15. The van der Waals surface area contributed by atoms with Crippen molar-refractivity contribution in [1.82, 2.24) is 9.66 Å². The number of ether oxygens (including phenoxy) is 1. The highest BCUT2D eigenvalue weighted by Gasteiger charge is 2.16. The molecular weight excluding hydrogens is 508 g/mol. The van der Waals surface area contributed by atoms with Crippen LogP contribution in [0.25, 0.3) is 22.3 Å². The standard InChI is InChI=1S/C28H17ClN4O5/c29-21-12-10-19(11-13-21)28(35)38-25-15-14-22(33(36)37)16-20(25)17-30-32-26(18-6-2-1-3-7-18)31-24-9-5-4-8-23(24)27(32)34/h1-17H. The topological polar surface area (TPSA) is 117 Å². The molecule has 0 spiro atoms. The number of carbonyl (C=O) groups is 1. The van der Waals surface area contributed by atoms with Crippen molar-refractivity contribution in [3.63, 3.8) is 0 Å². The van der Waals surface area contributed by atoms with Gasteiger partial charge in [-0.05, 0) is 42.5 Å². The van der Waals surface area contributed by atoms with Crippen LogP contribution in [-0.4, -0.2) is 26.8 Å². The van der Waals surface area contributed by atoms with Gasteiger partial charge >= 0.3 is 5.97 Å². The fourth-order valence-electron chi connectivity index (χ4n) is 3.71. The molecule has 5 rings (SSSR count). The van der Waals surface area contributed by atoms with Crippen molar-refractivity contribution in [2.24, 2.45) is 5.10 Å². The molecule has 5 aromatic rings. The van der Waals surface area contributed by atoms with Crippen LogP contribution in [0.2, 0.25) is 5.02 Å². The molecule has 9 nitrogen and oxygen atoms in total. The molecule has 0 saturated carbocycles. The van der Waals surface area contributed by atoms with Gasteiger partial charge in [0.15, 0.2) is 5.82 Å². The molecule has 0 saturated heterocycles. The Labute approximate surface area is 220 Å². The predicted octanol–water partition coefficient (Wildman–Crippen LogP) is 5.73. The number of fused-ring (bicyclic) bond motifs is 1. The van der Waals surface area contributed by atoms with Gasteiger partial charge in [-0.25, -0.2) is 9.78 Å². The lowest BCUT2D eigenvalue weighted by Gasteiger charge is -2.10. The number of aromatic nitrogens is 2. The molecule has 0 atom stereocenters. The third-order valence-corrected chi connectivity index (χ3v) is 5.84. The SMILES string of the molecule is O=C(Oc1ccc([N+](=O)[O-])cc1C=Nn1c(-c2ccccc2)nc2ccccc2c1=O)c1ccc(Cl)cc1. The maximum atomic E-state index is 13.4. The van der Waals surface area contributed by atoms with Crippen LogP contribution in [0.3, 0.4) is 0 Å². The molecular formula is C28H17ClN4O5. The monoisotopic (exact) mass is 524 g/mol. The van der Waals surface area contributed by atoms with Crippen molar-refractivity contribution >= 4 is 40.4 Å². The average Bonchev–Trinajstić information content (AvgIpc) is 2.93. The fraction of sp³-hybridized carbons (Fsp3) is 0. The molecule has 0 aliphatic carbocycles. The van der Waals surface area contributed by atoms with Crippen LogP contribution in [-0.2, 0) is 0 Å². The van der Waals surface area contributed by atoms with Crippen molar-refractivity contribution in [3.8, 4) is 17.1 Å². The Morgan fingerprint density at radius 2 is 1.68 bits per heavy atom. The van der Waals surface area contributed by atoms with E-state index < -0.39 is 16.5 Å². The number of rotatable bonds is 6. The number of non-ortho nitro benzene ring substituents is 1. The summed E-state index contributed by atoms with van der Waals surface area (Å²) in [6.07, 6.45) is 1.22. The molecule has 1 aromatic heterocycles. The lowest BCUT2D eigenvalue weighted by molar-refractivity contribution is -0.384. The number of esters is 1. The van der Waals surface area contributed by atoms with Gasteiger partial charge in [-0.1, -0.05) is 54.1 Å². The molecule has 0 bridgehead atoms. The second kappa shape index (κ2) is 10.5. The zero-order chi connectivity index (χ0) is 26.6. The summed E-state index contributed by atoms with van der Waals surface area (Å²) in [6, 6.07) is 25.7. The van der Waals surface area contributed by atoms with Gasteiger partial charge in [-0.15, -0.1) is 0 Å². The van der Waals surface area contributed by atoms with Crippen LogP contribution in [0, 0.1) is 10.1 Å². The molecule has 4 aromatic carbocycles. The summed E-state index contributed by atoms with van der Waals surface area (Å²) in [5, 5.41) is 16.6.